The predicted molar refractivity (Wildman–Crippen MR) is 74.7 cm³/mol. The van der Waals surface area contributed by atoms with Gasteiger partial charge in [-0.15, -0.1) is 0 Å². The molecule has 0 radical (unpaired) electrons. The summed E-state index contributed by atoms with van der Waals surface area (Å²) in [5.41, 5.74) is 8.07. The van der Waals surface area contributed by atoms with Crippen LogP contribution in [0.4, 0.5) is 0 Å². The first-order valence-electron chi connectivity index (χ1n) is 7.12. The molecule has 0 aromatic carbocycles. The van der Waals surface area contributed by atoms with Gasteiger partial charge in [0.25, 0.3) is 0 Å². The number of aromatic nitrogens is 2. The molecule has 2 rings (SSSR count). The molecule has 0 saturated heterocycles. The molecule has 1 aromatic heterocycles. The summed E-state index contributed by atoms with van der Waals surface area (Å²) in [6.45, 7) is 4.18. The van der Waals surface area contributed by atoms with E-state index in [1.165, 1.54) is 12.8 Å². The highest BCUT2D eigenvalue weighted by Gasteiger charge is 2.22. The average molecular weight is 264 g/mol. The van der Waals surface area contributed by atoms with E-state index in [1.54, 1.807) is 4.68 Å². The monoisotopic (exact) mass is 264 g/mol. The first-order valence-corrected chi connectivity index (χ1v) is 7.12. The highest BCUT2D eigenvalue weighted by atomic mass is 16.2. The van der Waals surface area contributed by atoms with Gasteiger partial charge in [0.15, 0.2) is 0 Å². The van der Waals surface area contributed by atoms with Crippen LogP contribution in [0.5, 0.6) is 0 Å². The molecule has 0 aliphatic heterocycles. The number of aryl methyl sites for hydroxylation is 2. The Kier molecular flexibility index (Phi) is 4.58. The molecule has 1 amide bonds. The molecular weight excluding hydrogens is 240 g/mol. The number of carbonyl (C=O) groups is 1. The molecule has 0 spiro atoms. The van der Waals surface area contributed by atoms with E-state index >= 15 is 0 Å². The molecule has 106 valence electrons. The van der Waals surface area contributed by atoms with Crippen LogP contribution in [-0.2, 0) is 11.3 Å². The molecule has 2 unspecified atom stereocenters. The zero-order chi connectivity index (χ0) is 13.8. The molecule has 1 saturated carbocycles. The lowest BCUT2D eigenvalue weighted by Gasteiger charge is -2.22. The van der Waals surface area contributed by atoms with Gasteiger partial charge in [0.05, 0.1) is 5.69 Å². The predicted octanol–water partition coefficient (Wildman–Crippen LogP) is 1.28. The summed E-state index contributed by atoms with van der Waals surface area (Å²) in [5, 5.41) is 7.37. The molecule has 19 heavy (non-hydrogen) atoms. The maximum absolute atomic E-state index is 12.1. The molecule has 1 aliphatic rings. The number of nitrogens with one attached hydrogen (secondary N) is 1. The second-order valence-corrected chi connectivity index (χ2v) is 5.56. The number of hydrogen-bond donors (Lipinski definition) is 2. The lowest BCUT2D eigenvalue weighted by Crippen LogP contribution is -2.48. The number of hydrogen-bond acceptors (Lipinski definition) is 3. The van der Waals surface area contributed by atoms with E-state index in [1.807, 2.05) is 19.9 Å². The Morgan fingerprint density at radius 3 is 2.84 bits per heavy atom. The molecular formula is C14H24N4O. The van der Waals surface area contributed by atoms with Crippen molar-refractivity contribution in [3.05, 3.63) is 17.5 Å². The third-order valence-electron chi connectivity index (χ3n) is 3.81. The molecule has 5 heteroatoms. The molecule has 1 aliphatic carbocycles. The fourth-order valence-electron chi connectivity index (χ4n) is 2.74. The van der Waals surface area contributed by atoms with E-state index in [-0.39, 0.29) is 24.5 Å². The Bertz CT molecular complexity index is 441. The minimum Gasteiger partial charge on any atom is -0.350 e. The van der Waals surface area contributed by atoms with Crippen LogP contribution in [-0.4, -0.2) is 27.8 Å². The molecule has 1 fully saturated rings. The normalized spacial score (nSPS) is 23.9. The van der Waals surface area contributed by atoms with Crippen LogP contribution in [0.3, 0.4) is 0 Å². The van der Waals surface area contributed by atoms with E-state index < -0.39 is 0 Å². The number of carbonyl (C=O) groups excluding carboxylic acids is 1. The first kappa shape index (κ1) is 14.1. The van der Waals surface area contributed by atoms with E-state index in [9.17, 15) is 4.79 Å². The van der Waals surface area contributed by atoms with Crippen molar-refractivity contribution >= 4 is 5.91 Å². The molecule has 5 nitrogen and oxygen atoms in total. The summed E-state index contributed by atoms with van der Waals surface area (Å²) in [5.74, 6) is 0.00792. The summed E-state index contributed by atoms with van der Waals surface area (Å²) in [7, 11) is 0. The Balaban J connectivity index is 1.91. The van der Waals surface area contributed by atoms with Crippen LogP contribution < -0.4 is 11.1 Å². The Morgan fingerprint density at radius 2 is 2.16 bits per heavy atom. The smallest absolute Gasteiger partial charge is 0.242 e. The lowest BCUT2D eigenvalue weighted by atomic mass is 10.0. The van der Waals surface area contributed by atoms with Gasteiger partial charge in [-0.2, -0.15) is 5.10 Å². The van der Waals surface area contributed by atoms with Crippen molar-refractivity contribution in [3.63, 3.8) is 0 Å². The van der Waals surface area contributed by atoms with Gasteiger partial charge in [-0.05, 0) is 32.8 Å². The van der Waals surface area contributed by atoms with Gasteiger partial charge in [-0.25, -0.2) is 0 Å². The number of nitrogens with zero attached hydrogens (tertiary/aromatic N) is 2. The van der Waals surface area contributed by atoms with Gasteiger partial charge in [-0.1, -0.05) is 19.3 Å². The minimum absolute atomic E-state index is 0.00792. The van der Waals surface area contributed by atoms with Crippen molar-refractivity contribution in [1.29, 1.82) is 0 Å². The average Bonchev–Trinajstić information content (AvgIpc) is 2.53. The molecule has 1 heterocycles. The standard InChI is InChI=1S/C14H24N4O/c1-10-8-11(2)18(17-10)9-14(19)16-13-7-5-3-4-6-12(13)15/h8,12-13H,3-7,9,15H2,1-2H3,(H,16,19). The first-order chi connectivity index (χ1) is 9.06. The fraction of sp³-hybridized carbons (Fsp3) is 0.714. The van der Waals surface area contributed by atoms with Crippen LogP contribution in [0.25, 0.3) is 0 Å². The number of rotatable bonds is 3. The zero-order valence-corrected chi connectivity index (χ0v) is 11.9. The Labute approximate surface area is 114 Å². The van der Waals surface area contributed by atoms with E-state index in [2.05, 4.69) is 10.4 Å². The van der Waals surface area contributed by atoms with Gasteiger partial charge < -0.3 is 11.1 Å². The Hall–Kier alpha value is -1.36. The third-order valence-corrected chi connectivity index (χ3v) is 3.81. The molecule has 0 bridgehead atoms. The van der Waals surface area contributed by atoms with E-state index in [4.69, 9.17) is 5.73 Å². The van der Waals surface area contributed by atoms with Crippen molar-refractivity contribution in [2.24, 2.45) is 5.73 Å². The summed E-state index contributed by atoms with van der Waals surface area (Å²) in [6.07, 6.45) is 5.54. The largest absolute Gasteiger partial charge is 0.350 e. The van der Waals surface area contributed by atoms with Gasteiger partial charge in [0.2, 0.25) is 5.91 Å². The van der Waals surface area contributed by atoms with E-state index in [0.29, 0.717) is 0 Å². The van der Waals surface area contributed by atoms with Gasteiger partial charge in [0, 0.05) is 17.8 Å². The van der Waals surface area contributed by atoms with Crippen molar-refractivity contribution in [3.8, 4) is 0 Å². The quantitative estimate of drug-likeness (QED) is 0.808. The molecule has 2 atom stereocenters. The topological polar surface area (TPSA) is 72.9 Å². The van der Waals surface area contributed by atoms with Crippen LogP contribution in [0.1, 0.15) is 43.5 Å². The van der Waals surface area contributed by atoms with Crippen LogP contribution in [0, 0.1) is 13.8 Å². The summed E-state index contributed by atoms with van der Waals surface area (Å²) < 4.78 is 1.74. The van der Waals surface area contributed by atoms with Crippen molar-refractivity contribution in [1.82, 2.24) is 15.1 Å². The van der Waals surface area contributed by atoms with Crippen molar-refractivity contribution < 1.29 is 4.79 Å². The Morgan fingerprint density at radius 1 is 1.42 bits per heavy atom. The number of nitrogens with two attached hydrogens (primary N) is 1. The third kappa shape index (κ3) is 3.80. The van der Waals surface area contributed by atoms with E-state index in [0.717, 1.165) is 30.7 Å². The summed E-state index contributed by atoms with van der Waals surface area (Å²) in [4.78, 5) is 12.1. The van der Waals surface area contributed by atoms with Crippen LogP contribution in [0.2, 0.25) is 0 Å². The lowest BCUT2D eigenvalue weighted by molar-refractivity contribution is -0.122. The maximum Gasteiger partial charge on any atom is 0.242 e. The minimum atomic E-state index is 0.00792. The highest BCUT2D eigenvalue weighted by molar-refractivity contribution is 5.76. The summed E-state index contributed by atoms with van der Waals surface area (Å²) >= 11 is 0. The highest BCUT2D eigenvalue weighted by Crippen LogP contribution is 2.16. The summed E-state index contributed by atoms with van der Waals surface area (Å²) in [6, 6.07) is 2.18. The zero-order valence-electron chi connectivity index (χ0n) is 11.9. The van der Waals surface area contributed by atoms with Gasteiger partial charge in [-0.3, -0.25) is 9.48 Å². The second-order valence-electron chi connectivity index (χ2n) is 5.56. The number of amides is 1. The fourth-order valence-corrected chi connectivity index (χ4v) is 2.74. The second kappa shape index (κ2) is 6.19. The molecule has 1 aromatic rings. The van der Waals surface area contributed by atoms with Crippen molar-refractivity contribution in [2.45, 2.75) is 64.6 Å². The van der Waals surface area contributed by atoms with Gasteiger partial charge in [0.1, 0.15) is 6.54 Å². The molecule has 3 N–H and O–H groups in total. The van der Waals surface area contributed by atoms with Crippen molar-refractivity contribution in [2.75, 3.05) is 0 Å². The SMILES string of the molecule is Cc1cc(C)n(CC(=O)NC2CCCCCC2N)n1. The maximum atomic E-state index is 12.1. The van der Waals surface area contributed by atoms with Crippen LogP contribution in [0.15, 0.2) is 6.07 Å². The van der Waals surface area contributed by atoms with Crippen LogP contribution >= 0.6 is 0 Å². The van der Waals surface area contributed by atoms with Gasteiger partial charge >= 0.3 is 0 Å².